The molecule has 1 heterocycles. The normalized spacial score (nSPS) is 14.4. The molecule has 1 aliphatic rings. The Morgan fingerprint density at radius 2 is 1.76 bits per heavy atom. The summed E-state index contributed by atoms with van der Waals surface area (Å²) < 4.78 is 31.7. The largest absolute Gasteiger partial charge is 0.457 e. The molecule has 0 aliphatic carbocycles. The highest BCUT2D eigenvalue weighted by molar-refractivity contribution is 7.98. The molecule has 1 saturated heterocycles. The fourth-order valence-corrected chi connectivity index (χ4v) is 4.57. The molecule has 0 N–H and O–H groups in total. The summed E-state index contributed by atoms with van der Waals surface area (Å²) in [4.78, 5) is 16.2. The molecule has 3 rings (SSSR count). The van der Waals surface area contributed by atoms with Gasteiger partial charge in [0.15, 0.2) is 0 Å². The Kier molecular flexibility index (Phi) is 6.87. The molecule has 6 nitrogen and oxygen atoms in total. The van der Waals surface area contributed by atoms with Gasteiger partial charge in [0.05, 0.1) is 16.1 Å². The number of ether oxygens (including phenoxy) is 1. The monoisotopic (exact) mass is 434 g/mol. The van der Waals surface area contributed by atoms with Gasteiger partial charge in [-0.3, -0.25) is 0 Å². The molecule has 0 radical (unpaired) electrons. The summed E-state index contributed by atoms with van der Waals surface area (Å²) in [6, 6.07) is 12.5. The third kappa shape index (κ3) is 4.94. The summed E-state index contributed by atoms with van der Waals surface area (Å²) in [5, 5.41) is 0. The highest BCUT2D eigenvalue weighted by Gasteiger charge is 2.25. The van der Waals surface area contributed by atoms with E-state index in [0.717, 1.165) is 46.4 Å². The Labute approximate surface area is 176 Å². The maximum atomic E-state index is 12.9. The van der Waals surface area contributed by atoms with E-state index in [1.54, 1.807) is 23.9 Å². The van der Waals surface area contributed by atoms with Crippen LogP contribution in [0.1, 0.15) is 28.8 Å². The Bertz CT molecular complexity index is 967. The van der Waals surface area contributed by atoms with Crippen molar-refractivity contribution in [1.82, 2.24) is 4.31 Å². The van der Waals surface area contributed by atoms with E-state index < -0.39 is 16.0 Å². The molecule has 0 atom stereocenters. The molecule has 29 heavy (non-hydrogen) atoms. The van der Waals surface area contributed by atoms with Crippen LogP contribution in [0, 0.1) is 0 Å². The zero-order chi connectivity index (χ0) is 21.0. The Morgan fingerprint density at radius 3 is 2.34 bits per heavy atom. The molecular formula is C21H26N2O4S2. The summed E-state index contributed by atoms with van der Waals surface area (Å²) in [6.07, 6.45) is 4.10. The molecule has 1 fully saturated rings. The molecular weight excluding hydrogens is 408 g/mol. The molecule has 0 bridgehead atoms. The van der Waals surface area contributed by atoms with E-state index in [4.69, 9.17) is 4.74 Å². The minimum atomic E-state index is -3.64. The number of hydrogen-bond acceptors (Lipinski definition) is 6. The predicted octanol–water partition coefficient (Wildman–Crippen LogP) is 3.62. The first-order valence-electron chi connectivity index (χ1n) is 9.44. The van der Waals surface area contributed by atoms with Crippen molar-refractivity contribution in [2.24, 2.45) is 0 Å². The van der Waals surface area contributed by atoms with Crippen LogP contribution in [-0.2, 0) is 21.4 Å². The van der Waals surface area contributed by atoms with E-state index in [1.165, 1.54) is 20.2 Å². The van der Waals surface area contributed by atoms with Crippen molar-refractivity contribution in [3.8, 4) is 0 Å². The number of rotatable bonds is 7. The van der Waals surface area contributed by atoms with Crippen LogP contribution in [0.2, 0.25) is 0 Å². The van der Waals surface area contributed by atoms with Crippen LogP contribution in [0.4, 0.5) is 5.69 Å². The van der Waals surface area contributed by atoms with E-state index in [1.807, 2.05) is 30.5 Å². The van der Waals surface area contributed by atoms with E-state index in [2.05, 4.69) is 4.90 Å². The Balaban J connectivity index is 1.87. The van der Waals surface area contributed by atoms with Gasteiger partial charge in [-0.25, -0.2) is 17.5 Å². The van der Waals surface area contributed by atoms with Crippen LogP contribution in [0.3, 0.4) is 0 Å². The molecule has 0 aromatic heterocycles. The third-order valence-corrected chi connectivity index (χ3v) is 7.50. The van der Waals surface area contributed by atoms with Crippen molar-refractivity contribution in [1.29, 1.82) is 0 Å². The SMILES string of the molecule is CSc1ccc(COC(=O)c2cc(S(=O)(=O)N(C)C)ccc2N2CCCC2)cc1. The molecule has 1 aliphatic heterocycles. The standard InChI is InChI=1S/C21H26N2O4S2/c1-22(2)29(25,26)18-10-11-20(23-12-4-5-13-23)19(14-18)21(24)27-15-16-6-8-17(28-3)9-7-16/h6-11,14H,4-5,12-13,15H2,1-3H3. The van der Waals surface area contributed by atoms with E-state index in [-0.39, 0.29) is 17.1 Å². The fraction of sp³-hybridized carbons (Fsp3) is 0.381. The van der Waals surface area contributed by atoms with Crippen LogP contribution in [0.5, 0.6) is 0 Å². The average molecular weight is 435 g/mol. The maximum Gasteiger partial charge on any atom is 0.340 e. The number of carbonyl (C=O) groups excluding carboxylic acids is 1. The van der Waals surface area contributed by atoms with Crippen LogP contribution in [0.15, 0.2) is 52.3 Å². The van der Waals surface area contributed by atoms with Crippen molar-refractivity contribution in [2.75, 3.05) is 38.3 Å². The topological polar surface area (TPSA) is 66.9 Å². The number of benzene rings is 2. The van der Waals surface area contributed by atoms with Gasteiger partial charge < -0.3 is 9.64 Å². The summed E-state index contributed by atoms with van der Waals surface area (Å²) >= 11 is 1.65. The van der Waals surface area contributed by atoms with Gasteiger partial charge in [0.1, 0.15) is 6.61 Å². The van der Waals surface area contributed by atoms with Gasteiger partial charge in [-0.15, -0.1) is 11.8 Å². The molecule has 0 unspecified atom stereocenters. The molecule has 0 saturated carbocycles. The molecule has 156 valence electrons. The Morgan fingerprint density at radius 1 is 1.10 bits per heavy atom. The summed E-state index contributed by atoms with van der Waals surface area (Å²) in [5.41, 5.74) is 1.90. The Hall–Kier alpha value is -2.03. The minimum Gasteiger partial charge on any atom is -0.457 e. The lowest BCUT2D eigenvalue weighted by molar-refractivity contribution is 0.0473. The number of sulfonamides is 1. The van der Waals surface area contributed by atoms with Gasteiger partial charge in [0.25, 0.3) is 0 Å². The van der Waals surface area contributed by atoms with Gasteiger partial charge in [0, 0.05) is 32.1 Å². The number of anilines is 1. The summed E-state index contributed by atoms with van der Waals surface area (Å²) in [5.74, 6) is -0.517. The van der Waals surface area contributed by atoms with Crippen LogP contribution in [-0.4, -0.2) is 52.1 Å². The van der Waals surface area contributed by atoms with Gasteiger partial charge in [0.2, 0.25) is 10.0 Å². The van der Waals surface area contributed by atoms with Gasteiger partial charge >= 0.3 is 5.97 Å². The number of hydrogen-bond donors (Lipinski definition) is 0. The van der Waals surface area contributed by atoms with Crippen LogP contribution < -0.4 is 4.90 Å². The number of esters is 1. The number of carbonyl (C=O) groups is 1. The first-order chi connectivity index (χ1) is 13.8. The highest BCUT2D eigenvalue weighted by Crippen LogP contribution is 2.29. The van der Waals surface area contributed by atoms with Crippen LogP contribution in [0.25, 0.3) is 0 Å². The summed E-state index contributed by atoms with van der Waals surface area (Å²) in [7, 11) is -0.699. The van der Waals surface area contributed by atoms with E-state index in [0.29, 0.717) is 0 Å². The van der Waals surface area contributed by atoms with Gasteiger partial charge in [-0.1, -0.05) is 12.1 Å². The first kappa shape index (κ1) is 21.7. The van der Waals surface area contributed by atoms with Crippen molar-refractivity contribution < 1.29 is 17.9 Å². The second-order valence-corrected chi connectivity index (χ2v) is 10.1. The molecule has 2 aromatic rings. The average Bonchev–Trinajstić information content (AvgIpc) is 3.26. The zero-order valence-corrected chi connectivity index (χ0v) is 18.6. The smallest absolute Gasteiger partial charge is 0.340 e. The first-order valence-corrected chi connectivity index (χ1v) is 12.1. The van der Waals surface area contributed by atoms with Crippen molar-refractivity contribution in [2.45, 2.75) is 29.2 Å². The van der Waals surface area contributed by atoms with Gasteiger partial charge in [-0.2, -0.15) is 0 Å². The van der Waals surface area contributed by atoms with E-state index in [9.17, 15) is 13.2 Å². The van der Waals surface area contributed by atoms with Gasteiger partial charge in [-0.05, 0) is 55.0 Å². The predicted molar refractivity (Wildman–Crippen MR) is 116 cm³/mol. The second-order valence-electron chi connectivity index (χ2n) is 7.08. The summed E-state index contributed by atoms with van der Waals surface area (Å²) in [6.45, 7) is 1.82. The zero-order valence-electron chi connectivity index (χ0n) is 16.9. The third-order valence-electron chi connectivity index (χ3n) is 4.94. The second kappa shape index (κ2) is 9.19. The lowest BCUT2D eigenvalue weighted by Gasteiger charge is -2.22. The maximum absolute atomic E-state index is 12.9. The van der Waals surface area contributed by atoms with Crippen molar-refractivity contribution in [3.05, 3.63) is 53.6 Å². The lowest BCUT2D eigenvalue weighted by Crippen LogP contribution is -2.24. The van der Waals surface area contributed by atoms with Crippen molar-refractivity contribution >= 4 is 33.4 Å². The fourth-order valence-electron chi connectivity index (χ4n) is 3.23. The molecule has 8 heteroatoms. The number of nitrogens with zero attached hydrogens (tertiary/aromatic N) is 2. The highest BCUT2D eigenvalue weighted by atomic mass is 32.2. The number of thioether (sulfide) groups is 1. The molecule has 2 aromatic carbocycles. The lowest BCUT2D eigenvalue weighted by atomic mass is 10.1. The quantitative estimate of drug-likeness (QED) is 0.490. The minimum absolute atomic E-state index is 0.0849. The molecule has 0 amide bonds. The molecule has 0 spiro atoms. The van der Waals surface area contributed by atoms with Crippen LogP contribution >= 0.6 is 11.8 Å². The van der Waals surface area contributed by atoms with Crippen molar-refractivity contribution in [3.63, 3.8) is 0 Å². The van der Waals surface area contributed by atoms with E-state index >= 15 is 0 Å².